The average Bonchev–Trinajstić information content (AvgIpc) is 2.57. The molecule has 0 bridgehead atoms. The van der Waals surface area contributed by atoms with Crippen LogP contribution in [0.5, 0.6) is 0 Å². The van der Waals surface area contributed by atoms with E-state index in [-0.39, 0.29) is 17.0 Å². The molecule has 1 fully saturated rings. The molecule has 1 saturated heterocycles. The highest BCUT2D eigenvalue weighted by Gasteiger charge is 2.26. The maximum atomic E-state index is 12.6. The van der Waals surface area contributed by atoms with E-state index in [2.05, 4.69) is 4.98 Å². The standard InChI is InChI=1S/C16H14Cl2N2O3/c17-12-3-1-10(2-4-12)14-9-20(5-6-23-14)16(22)11-7-13(18)15(21)19-8-11/h1-4,7-8,14H,5-6,9H2,(H,19,21)/t14-/m1/s1. The van der Waals surface area contributed by atoms with Crippen molar-refractivity contribution in [1.82, 2.24) is 9.88 Å². The van der Waals surface area contributed by atoms with Crippen LogP contribution in [-0.2, 0) is 4.74 Å². The number of benzene rings is 1. The fraction of sp³-hybridized carbons (Fsp3) is 0.250. The van der Waals surface area contributed by atoms with Crippen molar-refractivity contribution >= 4 is 29.1 Å². The number of nitrogens with zero attached hydrogens (tertiary/aromatic N) is 1. The summed E-state index contributed by atoms with van der Waals surface area (Å²) in [5.41, 5.74) is 0.905. The van der Waals surface area contributed by atoms with Crippen molar-refractivity contribution in [3.63, 3.8) is 0 Å². The Morgan fingerprint density at radius 1 is 1.26 bits per heavy atom. The number of pyridine rings is 1. The van der Waals surface area contributed by atoms with Crippen molar-refractivity contribution in [2.45, 2.75) is 6.10 Å². The predicted octanol–water partition coefficient (Wildman–Crippen LogP) is 2.90. The Balaban J connectivity index is 1.77. The number of ether oxygens (including phenoxy) is 1. The number of morpholine rings is 1. The molecule has 1 atom stereocenters. The summed E-state index contributed by atoms with van der Waals surface area (Å²) in [7, 11) is 0. The number of hydrogen-bond donors (Lipinski definition) is 1. The van der Waals surface area contributed by atoms with Gasteiger partial charge >= 0.3 is 0 Å². The molecule has 0 unspecified atom stereocenters. The number of halogens is 2. The average molecular weight is 353 g/mol. The minimum absolute atomic E-state index is 0.00152. The molecule has 0 aliphatic carbocycles. The number of amides is 1. The van der Waals surface area contributed by atoms with Crippen molar-refractivity contribution in [2.75, 3.05) is 19.7 Å². The smallest absolute Gasteiger partial charge is 0.266 e. The lowest BCUT2D eigenvalue weighted by Gasteiger charge is -2.33. The van der Waals surface area contributed by atoms with E-state index in [1.54, 1.807) is 17.0 Å². The Kier molecular flexibility index (Phi) is 4.71. The molecule has 1 aromatic heterocycles. The molecule has 1 aromatic carbocycles. The summed E-state index contributed by atoms with van der Waals surface area (Å²) < 4.78 is 5.74. The number of nitrogens with one attached hydrogen (secondary N) is 1. The number of rotatable bonds is 2. The summed E-state index contributed by atoms with van der Waals surface area (Å²) in [5, 5.41) is 0.652. The van der Waals surface area contributed by atoms with Gasteiger partial charge in [-0.1, -0.05) is 35.3 Å². The Labute approximate surface area is 142 Å². The highest BCUT2D eigenvalue weighted by molar-refractivity contribution is 6.31. The fourth-order valence-corrected chi connectivity index (χ4v) is 2.77. The highest BCUT2D eigenvalue weighted by Crippen LogP contribution is 2.24. The van der Waals surface area contributed by atoms with E-state index >= 15 is 0 Å². The van der Waals surface area contributed by atoms with Gasteiger partial charge in [0.05, 0.1) is 18.7 Å². The van der Waals surface area contributed by atoms with Crippen LogP contribution in [0, 0.1) is 0 Å². The summed E-state index contributed by atoms with van der Waals surface area (Å²) in [6.45, 7) is 1.35. The van der Waals surface area contributed by atoms with Gasteiger partial charge in [-0.05, 0) is 23.8 Å². The third kappa shape index (κ3) is 3.58. The zero-order chi connectivity index (χ0) is 16.4. The van der Waals surface area contributed by atoms with Gasteiger partial charge in [0.25, 0.3) is 11.5 Å². The molecule has 7 heteroatoms. The molecule has 1 amide bonds. The van der Waals surface area contributed by atoms with E-state index in [0.717, 1.165) is 5.56 Å². The third-order valence-corrected chi connectivity index (χ3v) is 4.23. The molecule has 120 valence electrons. The maximum Gasteiger partial charge on any atom is 0.266 e. The van der Waals surface area contributed by atoms with Gasteiger partial charge in [0, 0.05) is 17.8 Å². The molecular weight excluding hydrogens is 339 g/mol. The normalized spacial score (nSPS) is 18.0. The zero-order valence-electron chi connectivity index (χ0n) is 12.1. The van der Waals surface area contributed by atoms with Crippen LogP contribution in [-0.4, -0.2) is 35.5 Å². The molecule has 0 radical (unpaired) electrons. The molecule has 3 rings (SSSR count). The molecule has 2 aromatic rings. The van der Waals surface area contributed by atoms with Crippen LogP contribution >= 0.6 is 23.2 Å². The summed E-state index contributed by atoms with van der Waals surface area (Å²) in [4.78, 5) is 28.0. The SMILES string of the molecule is O=C(c1c[nH]c(=O)c(Cl)c1)N1CCO[C@@H](c2ccc(Cl)cc2)C1. The Hall–Kier alpha value is -1.82. The molecule has 1 aliphatic rings. The maximum absolute atomic E-state index is 12.6. The minimum atomic E-state index is -0.413. The Bertz CT molecular complexity index is 774. The van der Waals surface area contributed by atoms with Gasteiger partial charge in [0.1, 0.15) is 11.1 Å². The van der Waals surface area contributed by atoms with Gasteiger partial charge < -0.3 is 14.6 Å². The van der Waals surface area contributed by atoms with Crippen LogP contribution in [0.25, 0.3) is 0 Å². The first-order valence-electron chi connectivity index (χ1n) is 7.09. The first kappa shape index (κ1) is 16.1. The van der Waals surface area contributed by atoms with Gasteiger partial charge in [-0.3, -0.25) is 9.59 Å². The van der Waals surface area contributed by atoms with Crippen molar-refractivity contribution in [1.29, 1.82) is 0 Å². The van der Waals surface area contributed by atoms with E-state index in [0.29, 0.717) is 30.3 Å². The second-order valence-corrected chi connectivity index (χ2v) is 6.07. The number of aromatic amines is 1. The molecule has 1 N–H and O–H groups in total. The molecule has 1 aliphatic heterocycles. The fourth-order valence-electron chi connectivity index (χ4n) is 2.47. The van der Waals surface area contributed by atoms with E-state index in [1.165, 1.54) is 12.3 Å². The first-order valence-corrected chi connectivity index (χ1v) is 7.85. The highest BCUT2D eigenvalue weighted by atomic mass is 35.5. The molecular formula is C16H14Cl2N2O3. The lowest BCUT2D eigenvalue weighted by Crippen LogP contribution is -2.42. The van der Waals surface area contributed by atoms with Crippen LogP contribution in [0.2, 0.25) is 10.0 Å². The molecule has 0 spiro atoms. The largest absolute Gasteiger partial charge is 0.370 e. The summed E-state index contributed by atoms with van der Waals surface area (Å²) >= 11 is 11.7. The number of aromatic nitrogens is 1. The van der Waals surface area contributed by atoms with Crippen molar-refractivity contribution in [3.8, 4) is 0 Å². The quantitative estimate of drug-likeness (QED) is 0.903. The van der Waals surface area contributed by atoms with Gasteiger partial charge in [-0.15, -0.1) is 0 Å². The second kappa shape index (κ2) is 6.74. The van der Waals surface area contributed by atoms with Crippen LogP contribution in [0.3, 0.4) is 0 Å². The van der Waals surface area contributed by atoms with E-state index in [9.17, 15) is 9.59 Å². The van der Waals surface area contributed by atoms with Gasteiger partial charge in [-0.2, -0.15) is 0 Å². The lowest BCUT2D eigenvalue weighted by molar-refractivity contribution is -0.0228. The zero-order valence-corrected chi connectivity index (χ0v) is 13.6. The summed E-state index contributed by atoms with van der Waals surface area (Å²) in [6, 6.07) is 8.75. The molecule has 2 heterocycles. The summed E-state index contributed by atoms with van der Waals surface area (Å²) in [6.07, 6.45) is 1.17. The molecule has 23 heavy (non-hydrogen) atoms. The predicted molar refractivity (Wildman–Crippen MR) is 88.1 cm³/mol. The van der Waals surface area contributed by atoms with Crippen LogP contribution in [0.4, 0.5) is 0 Å². The number of carbonyl (C=O) groups excluding carboxylic acids is 1. The van der Waals surface area contributed by atoms with E-state index in [1.807, 2.05) is 12.1 Å². The van der Waals surface area contributed by atoms with E-state index in [4.69, 9.17) is 27.9 Å². The number of H-pyrrole nitrogens is 1. The topological polar surface area (TPSA) is 62.4 Å². The molecule has 0 saturated carbocycles. The third-order valence-electron chi connectivity index (χ3n) is 3.70. The second-order valence-electron chi connectivity index (χ2n) is 5.23. The van der Waals surface area contributed by atoms with Crippen molar-refractivity contribution in [2.24, 2.45) is 0 Å². The summed E-state index contributed by atoms with van der Waals surface area (Å²) in [5.74, 6) is -0.189. The van der Waals surface area contributed by atoms with E-state index < -0.39 is 5.56 Å². The van der Waals surface area contributed by atoms with Crippen molar-refractivity contribution in [3.05, 3.63) is 68.1 Å². The first-order chi connectivity index (χ1) is 11.0. The Morgan fingerprint density at radius 2 is 2.00 bits per heavy atom. The van der Waals surface area contributed by atoms with Gasteiger partial charge in [-0.25, -0.2) is 0 Å². The Morgan fingerprint density at radius 3 is 2.70 bits per heavy atom. The monoisotopic (exact) mass is 352 g/mol. The number of carbonyl (C=O) groups is 1. The van der Waals surface area contributed by atoms with Crippen LogP contribution < -0.4 is 5.56 Å². The lowest BCUT2D eigenvalue weighted by atomic mass is 10.1. The minimum Gasteiger partial charge on any atom is -0.370 e. The van der Waals surface area contributed by atoms with Crippen LogP contribution in [0.15, 0.2) is 41.3 Å². The van der Waals surface area contributed by atoms with Gasteiger partial charge in [0.15, 0.2) is 0 Å². The molecule has 5 nitrogen and oxygen atoms in total. The van der Waals surface area contributed by atoms with Crippen molar-refractivity contribution < 1.29 is 9.53 Å². The van der Waals surface area contributed by atoms with Gasteiger partial charge in [0.2, 0.25) is 0 Å². The van der Waals surface area contributed by atoms with Crippen LogP contribution in [0.1, 0.15) is 22.0 Å². The number of hydrogen-bond acceptors (Lipinski definition) is 3.